The van der Waals surface area contributed by atoms with Gasteiger partial charge in [0.15, 0.2) is 0 Å². The lowest BCUT2D eigenvalue weighted by molar-refractivity contribution is -0.141. The minimum Gasteiger partial charge on any atom is -0.377 e. The van der Waals surface area contributed by atoms with E-state index in [0.717, 1.165) is 11.0 Å². The number of hydrogen-bond donors (Lipinski definition) is 0. The Balaban J connectivity index is 1.82. The first-order chi connectivity index (χ1) is 13.9. The third kappa shape index (κ3) is 3.97. The molecule has 29 heavy (non-hydrogen) atoms. The molecule has 0 spiro atoms. The van der Waals surface area contributed by atoms with E-state index in [-0.39, 0.29) is 11.2 Å². The van der Waals surface area contributed by atoms with Gasteiger partial charge in [0.1, 0.15) is 24.0 Å². The van der Waals surface area contributed by atoms with Gasteiger partial charge in [-0.05, 0) is 25.0 Å². The highest BCUT2D eigenvalue weighted by atomic mass is 32.1. The average Bonchev–Trinajstić information content (AvgIpc) is 3.32. The van der Waals surface area contributed by atoms with E-state index in [4.69, 9.17) is 4.74 Å². The minimum atomic E-state index is -4.54. The number of rotatable bonds is 5. The molecule has 0 radical (unpaired) electrons. The number of anilines is 1. The smallest absolute Gasteiger partial charge is 0.377 e. The van der Waals surface area contributed by atoms with Crippen molar-refractivity contribution in [3.63, 3.8) is 0 Å². The van der Waals surface area contributed by atoms with Crippen molar-refractivity contribution < 1.29 is 17.9 Å². The summed E-state index contributed by atoms with van der Waals surface area (Å²) in [5.41, 5.74) is -0.303. The Hall–Kier alpha value is -2.53. The lowest BCUT2D eigenvalue weighted by Gasteiger charge is -2.26. The van der Waals surface area contributed by atoms with Gasteiger partial charge in [-0.3, -0.25) is 9.36 Å². The molecule has 1 aliphatic rings. The molecule has 1 fully saturated rings. The molecule has 4 rings (SSSR count). The van der Waals surface area contributed by atoms with Gasteiger partial charge in [0.25, 0.3) is 5.56 Å². The van der Waals surface area contributed by atoms with Crippen LogP contribution in [0.15, 0.2) is 29.1 Å². The van der Waals surface area contributed by atoms with E-state index in [9.17, 15) is 18.0 Å². The molecule has 1 aromatic carbocycles. The molecule has 1 aliphatic heterocycles. The lowest BCUT2D eigenvalue weighted by atomic mass is 10.1. The second-order valence-electron chi connectivity index (χ2n) is 6.76. The molecule has 0 N–H and O–H groups in total. The fraction of sp³-hybridized carbons (Fsp3) is 0.444. The van der Waals surface area contributed by atoms with E-state index in [1.165, 1.54) is 17.4 Å². The summed E-state index contributed by atoms with van der Waals surface area (Å²) in [6.45, 7) is -0.474. The number of hydrogen-bond acceptors (Lipinski definition) is 7. The van der Waals surface area contributed by atoms with Crippen molar-refractivity contribution in [3.8, 4) is 0 Å². The van der Waals surface area contributed by atoms with Gasteiger partial charge >= 0.3 is 6.18 Å². The second kappa shape index (κ2) is 7.71. The number of alkyl halides is 3. The van der Waals surface area contributed by atoms with Crippen LogP contribution in [0.1, 0.15) is 29.7 Å². The third-order valence-electron chi connectivity index (χ3n) is 4.75. The zero-order valence-electron chi connectivity index (χ0n) is 15.5. The van der Waals surface area contributed by atoms with Crippen LogP contribution in [0.5, 0.6) is 0 Å². The van der Waals surface area contributed by atoms with E-state index in [1.807, 2.05) is 4.90 Å². The first kappa shape index (κ1) is 19.8. The Morgan fingerprint density at radius 3 is 2.83 bits per heavy atom. The van der Waals surface area contributed by atoms with Crippen molar-refractivity contribution in [2.45, 2.75) is 38.2 Å². The van der Waals surface area contributed by atoms with Crippen LogP contribution in [-0.2, 0) is 17.9 Å². The largest absolute Gasteiger partial charge is 0.406 e. The summed E-state index contributed by atoms with van der Waals surface area (Å²) in [7, 11) is 1.55. The van der Waals surface area contributed by atoms with Crippen molar-refractivity contribution in [2.75, 3.05) is 18.6 Å². The third-order valence-corrected chi connectivity index (χ3v) is 5.68. The molecule has 1 unspecified atom stereocenters. The standard InChI is InChI=1S/C18H18F3N5O2S/c1-28-9-14-23-24-17(29-14)25-8-4-7-13(25)15-22-12-6-3-2-5-11(12)16(27)26(15)10-18(19,20)21/h2-3,5-6,13H,4,7-10H2,1H3. The minimum absolute atomic E-state index is 0.104. The summed E-state index contributed by atoms with van der Waals surface area (Å²) in [4.78, 5) is 19.2. The molecule has 0 amide bonds. The lowest BCUT2D eigenvalue weighted by Crippen LogP contribution is -2.35. The molecule has 1 atom stereocenters. The number of fused-ring (bicyclic) bond motifs is 1. The Labute approximate surface area is 167 Å². The summed E-state index contributed by atoms with van der Waals surface area (Å²) < 4.78 is 45.6. The first-order valence-corrected chi connectivity index (χ1v) is 9.83. The van der Waals surface area contributed by atoms with Gasteiger partial charge < -0.3 is 9.64 Å². The number of aromatic nitrogens is 4. The molecule has 154 valence electrons. The van der Waals surface area contributed by atoms with Crippen molar-refractivity contribution in [3.05, 3.63) is 45.5 Å². The fourth-order valence-corrected chi connectivity index (χ4v) is 4.46. The van der Waals surface area contributed by atoms with Crippen molar-refractivity contribution in [1.82, 2.24) is 19.7 Å². The maximum Gasteiger partial charge on any atom is 0.406 e. The molecule has 0 saturated carbocycles. The molecule has 0 aliphatic carbocycles. The molecule has 3 aromatic rings. The van der Waals surface area contributed by atoms with Crippen LogP contribution in [-0.4, -0.2) is 39.6 Å². The van der Waals surface area contributed by atoms with Crippen molar-refractivity contribution in [2.24, 2.45) is 0 Å². The van der Waals surface area contributed by atoms with Crippen LogP contribution < -0.4 is 10.5 Å². The number of nitrogens with zero attached hydrogens (tertiary/aromatic N) is 5. The van der Waals surface area contributed by atoms with E-state index < -0.39 is 24.3 Å². The van der Waals surface area contributed by atoms with E-state index >= 15 is 0 Å². The van der Waals surface area contributed by atoms with Gasteiger partial charge in [-0.25, -0.2) is 4.98 Å². The zero-order chi connectivity index (χ0) is 20.6. The van der Waals surface area contributed by atoms with Crippen molar-refractivity contribution in [1.29, 1.82) is 0 Å². The molecule has 1 saturated heterocycles. The van der Waals surface area contributed by atoms with Crippen LogP contribution in [0.4, 0.5) is 18.3 Å². The normalized spacial score (nSPS) is 17.4. The summed E-state index contributed by atoms with van der Waals surface area (Å²) in [6, 6.07) is 5.97. The molecule has 11 heteroatoms. The summed E-state index contributed by atoms with van der Waals surface area (Å²) in [6.07, 6.45) is -3.22. The molecular formula is C18H18F3N5O2S. The van der Waals surface area contributed by atoms with E-state index in [2.05, 4.69) is 15.2 Å². The quantitative estimate of drug-likeness (QED) is 0.625. The SMILES string of the molecule is COCc1nnc(N2CCCC2c2nc3ccccc3c(=O)n2CC(F)(F)F)s1. The zero-order valence-corrected chi connectivity index (χ0v) is 16.3. The number of methoxy groups -OCH3 is 1. The van der Waals surface area contributed by atoms with Crippen LogP contribution in [0, 0.1) is 0 Å². The van der Waals surface area contributed by atoms with Crippen LogP contribution >= 0.6 is 11.3 Å². The highest BCUT2D eigenvalue weighted by Crippen LogP contribution is 2.37. The molecule has 7 nitrogen and oxygen atoms in total. The summed E-state index contributed by atoms with van der Waals surface area (Å²) in [5.74, 6) is 0.104. The van der Waals surface area contributed by atoms with Crippen molar-refractivity contribution >= 4 is 27.4 Å². The first-order valence-electron chi connectivity index (χ1n) is 9.01. The van der Waals surface area contributed by atoms with Gasteiger partial charge in [-0.1, -0.05) is 23.5 Å². The number of benzene rings is 1. The van der Waals surface area contributed by atoms with E-state index in [0.29, 0.717) is 35.2 Å². The number of halogens is 3. The Morgan fingerprint density at radius 2 is 2.07 bits per heavy atom. The van der Waals surface area contributed by atoms with Crippen LogP contribution in [0.3, 0.4) is 0 Å². The predicted molar refractivity (Wildman–Crippen MR) is 102 cm³/mol. The summed E-state index contributed by atoms with van der Waals surface area (Å²) >= 11 is 1.32. The molecular weight excluding hydrogens is 407 g/mol. The maximum absolute atomic E-state index is 13.3. The topological polar surface area (TPSA) is 73.1 Å². The Morgan fingerprint density at radius 1 is 1.28 bits per heavy atom. The van der Waals surface area contributed by atoms with Gasteiger partial charge in [-0.15, -0.1) is 10.2 Å². The highest BCUT2D eigenvalue weighted by molar-refractivity contribution is 7.15. The number of ether oxygens (including phenoxy) is 1. The van der Waals surface area contributed by atoms with Gasteiger partial charge in [0.05, 0.1) is 16.9 Å². The van der Waals surface area contributed by atoms with Gasteiger partial charge in [-0.2, -0.15) is 13.2 Å². The van der Waals surface area contributed by atoms with Crippen LogP contribution in [0.2, 0.25) is 0 Å². The Bertz CT molecular complexity index is 1080. The maximum atomic E-state index is 13.3. The predicted octanol–water partition coefficient (Wildman–Crippen LogP) is 3.30. The van der Waals surface area contributed by atoms with Gasteiger partial charge in [0, 0.05) is 13.7 Å². The molecule has 0 bridgehead atoms. The number of para-hydroxylation sites is 1. The fourth-order valence-electron chi connectivity index (χ4n) is 3.58. The van der Waals surface area contributed by atoms with E-state index in [1.54, 1.807) is 25.3 Å². The second-order valence-corrected chi connectivity index (χ2v) is 7.80. The molecule has 2 aromatic heterocycles. The van der Waals surface area contributed by atoms with Crippen LogP contribution in [0.25, 0.3) is 10.9 Å². The Kier molecular flexibility index (Phi) is 5.26. The average molecular weight is 425 g/mol. The monoisotopic (exact) mass is 425 g/mol. The molecule has 3 heterocycles. The summed E-state index contributed by atoms with van der Waals surface area (Å²) in [5, 5.41) is 9.65. The highest BCUT2D eigenvalue weighted by Gasteiger charge is 2.36. The van der Waals surface area contributed by atoms with Gasteiger partial charge in [0.2, 0.25) is 5.13 Å².